The summed E-state index contributed by atoms with van der Waals surface area (Å²) in [6.45, 7) is 3.51. The standard InChI is InChI=1S/C38H32Cl2N4O2/c1-25(41)37-29(23-36(28-12-8-5-9-13-28)46-38(37)42-32-18-14-30(39)15-19-32)22-34(27-10-6-4-7-11-27)35(24-45)26(2)43-44(3)33-20-16-31(40)17-21-33/h4-24,41-42H,1-3H3/b29-22+,35-34-,41-25?,43-26-. The van der Waals surface area contributed by atoms with Crippen molar-refractivity contribution in [2.24, 2.45) is 5.10 Å². The molecule has 46 heavy (non-hydrogen) atoms. The number of nitrogens with one attached hydrogen (secondary N) is 2. The zero-order valence-electron chi connectivity index (χ0n) is 25.6. The summed E-state index contributed by atoms with van der Waals surface area (Å²) in [4.78, 5) is 12.9. The minimum atomic E-state index is 0.277. The van der Waals surface area contributed by atoms with Crippen LogP contribution in [0.3, 0.4) is 0 Å². The van der Waals surface area contributed by atoms with Crippen LogP contribution >= 0.6 is 23.2 Å². The smallest absolute Gasteiger partial charge is 0.207 e. The summed E-state index contributed by atoms with van der Waals surface area (Å²) in [7, 11) is 1.82. The van der Waals surface area contributed by atoms with E-state index >= 15 is 0 Å². The second-order valence-electron chi connectivity index (χ2n) is 10.5. The fraction of sp³-hybridized carbons (Fsp3) is 0.0789. The first-order chi connectivity index (χ1) is 22.2. The molecule has 230 valence electrons. The van der Waals surface area contributed by atoms with Gasteiger partial charge < -0.3 is 15.5 Å². The molecule has 0 aliphatic carbocycles. The third-order valence-corrected chi connectivity index (χ3v) is 7.74. The zero-order chi connectivity index (χ0) is 32.6. The summed E-state index contributed by atoms with van der Waals surface area (Å²) in [5, 5.41) is 19.8. The van der Waals surface area contributed by atoms with E-state index in [4.69, 9.17) is 38.4 Å². The van der Waals surface area contributed by atoms with Gasteiger partial charge in [-0.1, -0.05) is 83.9 Å². The fourth-order valence-electron chi connectivity index (χ4n) is 4.96. The largest absolute Gasteiger partial charge is 0.440 e. The van der Waals surface area contributed by atoms with E-state index in [1.165, 1.54) is 0 Å². The van der Waals surface area contributed by atoms with Crippen LogP contribution in [0.15, 0.2) is 149 Å². The molecule has 0 spiro atoms. The Balaban J connectivity index is 1.72. The van der Waals surface area contributed by atoms with E-state index < -0.39 is 0 Å². The lowest BCUT2D eigenvalue weighted by molar-refractivity contribution is -0.104. The molecule has 8 heteroatoms. The third kappa shape index (κ3) is 7.72. The van der Waals surface area contributed by atoms with Crippen molar-refractivity contribution in [2.75, 3.05) is 17.4 Å². The second-order valence-corrected chi connectivity index (χ2v) is 11.4. The number of aldehydes is 1. The molecule has 0 saturated carbocycles. The molecular formula is C38H32Cl2N4O2. The van der Waals surface area contributed by atoms with Crippen molar-refractivity contribution in [2.45, 2.75) is 13.8 Å². The van der Waals surface area contributed by atoms with Crippen molar-refractivity contribution in [3.05, 3.63) is 165 Å². The highest BCUT2D eigenvalue weighted by Crippen LogP contribution is 2.36. The zero-order valence-corrected chi connectivity index (χ0v) is 27.1. The van der Waals surface area contributed by atoms with Gasteiger partial charge in [0, 0.05) is 39.6 Å². The lowest BCUT2D eigenvalue weighted by Gasteiger charge is -2.25. The van der Waals surface area contributed by atoms with E-state index in [1.807, 2.05) is 104 Å². The van der Waals surface area contributed by atoms with Gasteiger partial charge in [-0.05, 0) is 91.2 Å². The van der Waals surface area contributed by atoms with Gasteiger partial charge in [0.1, 0.15) is 5.76 Å². The second kappa shape index (κ2) is 14.7. The third-order valence-electron chi connectivity index (χ3n) is 7.23. The van der Waals surface area contributed by atoms with Crippen molar-refractivity contribution in [3.63, 3.8) is 0 Å². The van der Waals surface area contributed by atoms with E-state index in [0.29, 0.717) is 49.7 Å². The fourth-order valence-corrected chi connectivity index (χ4v) is 5.21. The van der Waals surface area contributed by atoms with Gasteiger partial charge >= 0.3 is 0 Å². The van der Waals surface area contributed by atoms with Gasteiger partial charge in [0.2, 0.25) is 5.88 Å². The lowest BCUT2D eigenvalue weighted by atomic mass is 9.91. The van der Waals surface area contributed by atoms with Crippen LogP contribution in [0.2, 0.25) is 10.0 Å². The summed E-state index contributed by atoms with van der Waals surface area (Å²) in [5.74, 6) is 0.969. The first-order valence-corrected chi connectivity index (χ1v) is 15.3. The van der Waals surface area contributed by atoms with Crippen molar-refractivity contribution < 1.29 is 9.53 Å². The Hall–Kier alpha value is -5.17. The number of anilines is 2. The van der Waals surface area contributed by atoms with Crippen LogP contribution in [0.25, 0.3) is 11.3 Å². The number of carbonyl (C=O) groups excluding carboxylic acids is 1. The number of rotatable bonds is 10. The number of nitrogens with zero attached hydrogens (tertiary/aromatic N) is 2. The summed E-state index contributed by atoms with van der Waals surface area (Å²) >= 11 is 12.2. The Morgan fingerprint density at radius 2 is 1.43 bits per heavy atom. The average Bonchev–Trinajstić information content (AvgIpc) is 3.06. The summed E-state index contributed by atoms with van der Waals surface area (Å²) in [6.07, 6.45) is 4.64. The van der Waals surface area contributed by atoms with E-state index in [1.54, 1.807) is 43.1 Å². The maximum atomic E-state index is 12.9. The SMILES string of the molecule is CC(=N)C1=C(Nc2ccc(Cl)cc2)OC(c2ccccc2)=C\C1=C/C(=C(C=O)/C(C)=N\N(C)c1ccc(Cl)cc1)c1ccccc1. The van der Waals surface area contributed by atoms with Crippen molar-refractivity contribution in [3.8, 4) is 0 Å². The van der Waals surface area contributed by atoms with Crippen LogP contribution in [0.1, 0.15) is 25.0 Å². The molecule has 1 aliphatic heterocycles. The number of hydrazone groups is 1. The summed E-state index contributed by atoms with van der Waals surface area (Å²) < 4.78 is 6.43. The maximum Gasteiger partial charge on any atom is 0.207 e. The average molecular weight is 648 g/mol. The minimum Gasteiger partial charge on any atom is -0.440 e. The van der Waals surface area contributed by atoms with Crippen molar-refractivity contribution in [1.82, 2.24) is 0 Å². The number of halogens is 2. The first-order valence-electron chi connectivity index (χ1n) is 14.5. The van der Waals surface area contributed by atoms with Gasteiger partial charge in [0.15, 0.2) is 6.29 Å². The monoisotopic (exact) mass is 646 g/mol. The van der Waals surface area contributed by atoms with Crippen molar-refractivity contribution >= 4 is 63.6 Å². The molecule has 0 radical (unpaired) electrons. The molecule has 0 aromatic heterocycles. The molecule has 4 aromatic carbocycles. The molecule has 0 fully saturated rings. The van der Waals surface area contributed by atoms with E-state index in [0.717, 1.165) is 28.8 Å². The van der Waals surface area contributed by atoms with Crippen LogP contribution in [0, 0.1) is 5.41 Å². The quantitative estimate of drug-likeness (QED) is 0.0778. The number of benzene rings is 4. The molecule has 0 amide bonds. The molecule has 1 aliphatic rings. The molecule has 4 aromatic rings. The molecule has 5 rings (SSSR count). The Labute approximate surface area is 279 Å². The van der Waals surface area contributed by atoms with Crippen LogP contribution < -0.4 is 10.3 Å². The molecular weight excluding hydrogens is 615 g/mol. The van der Waals surface area contributed by atoms with Gasteiger partial charge in [-0.15, -0.1) is 0 Å². The minimum absolute atomic E-state index is 0.277. The predicted molar refractivity (Wildman–Crippen MR) is 191 cm³/mol. The Bertz CT molecular complexity index is 1890. The number of hydrogen-bond acceptors (Lipinski definition) is 6. The number of ether oxygens (including phenoxy) is 1. The summed E-state index contributed by atoms with van der Waals surface area (Å²) in [6, 6.07) is 33.9. The normalized spacial score (nSPS) is 14.7. The van der Waals surface area contributed by atoms with Crippen molar-refractivity contribution in [1.29, 1.82) is 5.41 Å². The first kappa shape index (κ1) is 32.2. The van der Waals surface area contributed by atoms with Gasteiger partial charge in [-0.2, -0.15) is 5.10 Å². The Morgan fingerprint density at radius 3 is 2.02 bits per heavy atom. The molecule has 2 N–H and O–H groups in total. The molecule has 0 bridgehead atoms. The molecule has 1 heterocycles. The highest BCUT2D eigenvalue weighted by molar-refractivity contribution is 6.31. The number of hydrogen-bond donors (Lipinski definition) is 2. The predicted octanol–water partition coefficient (Wildman–Crippen LogP) is 9.82. The Morgan fingerprint density at radius 1 is 0.848 bits per heavy atom. The van der Waals surface area contributed by atoms with E-state index in [-0.39, 0.29) is 5.71 Å². The highest BCUT2D eigenvalue weighted by Gasteiger charge is 2.24. The Kier molecular flexibility index (Phi) is 10.3. The van der Waals surface area contributed by atoms with Gasteiger partial charge in [0.05, 0.1) is 17.0 Å². The molecule has 6 nitrogen and oxygen atoms in total. The van der Waals surface area contributed by atoms with E-state index in [2.05, 4.69) is 5.32 Å². The van der Waals surface area contributed by atoms with Crippen LogP contribution in [-0.2, 0) is 9.53 Å². The highest BCUT2D eigenvalue weighted by atomic mass is 35.5. The topological polar surface area (TPSA) is 77.8 Å². The van der Waals surface area contributed by atoms with Crippen LogP contribution in [0.4, 0.5) is 11.4 Å². The van der Waals surface area contributed by atoms with Crippen LogP contribution in [0.5, 0.6) is 0 Å². The number of carbonyl (C=O) groups is 1. The maximum absolute atomic E-state index is 12.9. The molecule has 0 atom stereocenters. The number of allylic oxidation sites excluding steroid dienone is 6. The molecule has 0 saturated heterocycles. The van der Waals surface area contributed by atoms with Gasteiger partial charge in [0.25, 0.3) is 0 Å². The molecule has 0 unspecified atom stereocenters. The van der Waals surface area contributed by atoms with E-state index in [9.17, 15) is 4.79 Å². The van der Waals surface area contributed by atoms with Gasteiger partial charge in [-0.3, -0.25) is 9.80 Å². The summed E-state index contributed by atoms with van der Waals surface area (Å²) in [5.41, 5.74) is 6.29. The van der Waals surface area contributed by atoms with Gasteiger partial charge in [-0.25, -0.2) is 0 Å². The van der Waals surface area contributed by atoms with Crippen LogP contribution in [-0.4, -0.2) is 24.8 Å². The lowest BCUT2D eigenvalue weighted by Crippen LogP contribution is -2.17.